The summed E-state index contributed by atoms with van der Waals surface area (Å²) in [6, 6.07) is 15.1. The number of halogens is 3. The Morgan fingerprint density at radius 2 is 1.64 bits per heavy atom. The van der Waals surface area contributed by atoms with E-state index in [1.165, 1.54) is 25.4 Å². The maximum Gasteiger partial charge on any atom is 0.416 e. The number of hydrogen-bond donors (Lipinski definition) is 0. The quantitative estimate of drug-likeness (QED) is 0.310. The first-order valence-corrected chi connectivity index (χ1v) is 10.6. The van der Waals surface area contributed by atoms with Gasteiger partial charge in [0.15, 0.2) is 0 Å². The highest BCUT2D eigenvalue weighted by atomic mass is 19.4. The van der Waals surface area contributed by atoms with Crippen LogP contribution < -0.4 is 0 Å². The van der Waals surface area contributed by atoms with Crippen molar-refractivity contribution in [1.29, 1.82) is 0 Å². The molecule has 1 aliphatic rings. The van der Waals surface area contributed by atoms with Crippen LogP contribution in [0.3, 0.4) is 0 Å². The van der Waals surface area contributed by atoms with Crippen molar-refractivity contribution < 1.29 is 32.3 Å². The number of methoxy groups -OCH3 is 1. The summed E-state index contributed by atoms with van der Waals surface area (Å²) in [5.41, 5.74) is 0.226. The van der Waals surface area contributed by atoms with Gasteiger partial charge in [-0.2, -0.15) is 13.2 Å². The highest BCUT2D eigenvalue weighted by Crippen LogP contribution is 2.33. The SMILES string of the molecule is COC(=O)c1ccc(C#CC2=C(c3ccc(C(F)(F)F)cc3)C(=O)N(Cc3ccccn3)C2=O)cc1. The average molecular weight is 490 g/mol. The van der Waals surface area contributed by atoms with Gasteiger partial charge in [-0.25, -0.2) is 4.79 Å². The van der Waals surface area contributed by atoms with Crippen LogP contribution in [0.2, 0.25) is 0 Å². The topological polar surface area (TPSA) is 76.6 Å². The number of pyridine rings is 1. The summed E-state index contributed by atoms with van der Waals surface area (Å²) < 4.78 is 43.7. The largest absolute Gasteiger partial charge is 0.465 e. The maximum absolute atomic E-state index is 13.3. The zero-order valence-corrected chi connectivity index (χ0v) is 18.8. The fourth-order valence-corrected chi connectivity index (χ4v) is 3.53. The lowest BCUT2D eigenvalue weighted by molar-refractivity contribution is -0.138. The molecule has 180 valence electrons. The summed E-state index contributed by atoms with van der Waals surface area (Å²) in [5, 5.41) is 0. The van der Waals surface area contributed by atoms with Gasteiger partial charge in [0.1, 0.15) is 5.57 Å². The average Bonchev–Trinajstić information content (AvgIpc) is 3.11. The van der Waals surface area contributed by atoms with E-state index < -0.39 is 29.5 Å². The highest BCUT2D eigenvalue weighted by Gasteiger charge is 2.39. The lowest BCUT2D eigenvalue weighted by Gasteiger charge is -2.14. The molecule has 1 aromatic heterocycles. The van der Waals surface area contributed by atoms with E-state index in [2.05, 4.69) is 21.6 Å². The van der Waals surface area contributed by atoms with E-state index in [1.54, 1.807) is 30.3 Å². The lowest BCUT2D eigenvalue weighted by Crippen LogP contribution is -2.31. The van der Waals surface area contributed by atoms with E-state index >= 15 is 0 Å². The van der Waals surface area contributed by atoms with Gasteiger partial charge in [-0.15, -0.1) is 0 Å². The van der Waals surface area contributed by atoms with Crippen molar-refractivity contribution in [2.24, 2.45) is 0 Å². The molecule has 4 rings (SSSR count). The van der Waals surface area contributed by atoms with E-state index in [4.69, 9.17) is 0 Å². The van der Waals surface area contributed by atoms with Crippen LogP contribution in [0.4, 0.5) is 13.2 Å². The van der Waals surface area contributed by atoms with Crippen molar-refractivity contribution in [2.45, 2.75) is 12.7 Å². The van der Waals surface area contributed by atoms with Gasteiger partial charge < -0.3 is 4.74 Å². The number of aromatic nitrogens is 1. The van der Waals surface area contributed by atoms with Crippen molar-refractivity contribution in [2.75, 3.05) is 7.11 Å². The van der Waals surface area contributed by atoms with E-state index in [-0.39, 0.29) is 23.3 Å². The normalized spacial score (nSPS) is 13.5. The molecule has 0 unspecified atom stereocenters. The molecule has 0 saturated heterocycles. The molecule has 0 fully saturated rings. The molecule has 2 amide bonds. The summed E-state index contributed by atoms with van der Waals surface area (Å²) >= 11 is 0. The zero-order chi connectivity index (χ0) is 25.9. The summed E-state index contributed by atoms with van der Waals surface area (Å²) in [6.45, 7) is -0.123. The van der Waals surface area contributed by atoms with E-state index in [0.29, 0.717) is 16.8 Å². The predicted octanol–water partition coefficient (Wildman–Crippen LogP) is 4.26. The molecule has 6 nitrogen and oxygen atoms in total. The van der Waals surface area contributed by atoms with Crippen molar-refractivity contribution in [3.8, 4) is 11.8 Å². The second kappa shape index (κ2) is 9.88. The molecule has 3 aromatic rings. The van der Waals surface area contributed by atoms with E-state index in [1.807, 2.05) is 0 Å². The minimum Gasteiger partial charge on any atom is -0.465 e. The number of esters is 1. The summed E-state index contributed by atoms with van der Waals surface area (Å²) in [4.78, 5) is 43.2. The van der Waals surface area contributed by atoms with Crippen LogP contribution in [0, 0.1) is 11.8 Å². The zero-order valence-electron chi connectivity index (χ0n) is 18.8. The third-order valence-electron chi connectivity index (χ3n) is 5.35. The number of benzene rings is 2. The Morgan fingerprint density at radius 1 is 0.944 bits per heavy atom. The van der Waals surface area contributed by atoms with Crippen LogP contribution in [-0.2, 0) is 27.0 Å². The summed E-state index contributed by atoms with van der Waals surface area (Å²) in [5.74, 6) is 3.60. The second-order valence-corrected chi connectivity index (χ2v) is 7.66. The van der Waals surface area contributed by atoms with E-state index in [0.717, 1.165) is 29.2 Å². The maximum atomic E-state index is 13.3. The fraction of sp³-hybridized carbons (Fsp3) is 0.111. The molecule has 2 aromatic carbocycles. The van der Waals surface area contributed by atoms with Crippen LogP contribution in [0.15, 0.2) is 78.5 Å². The van der Waals surface area contributed by atoms with Gasteiger partial charge in [-0.3, -0.25) is 19.5 Å². The molecule has 36 heavy (non-hydrogen) atoms. The molecule has 0 radical (unpaired) electrons. The van der Waals surface area contributed by atoms with Gasteiger partial charge in [0, 0.05) is 11.8 Å². The standard InChI is InChI=1S/C27H17F3N2O4/c1-36-26(35)19-8-5-17(6-9-19)7-14-22-23(18-10-12-20(13-11-18)27(28,29)30)25(34)32(24(22)33)16-21-4-2-3-15-31-21/h2-6,8-13,15H,16H2,1H3. The molecule has 2 heterocycles. The van der Waals surface area contributed by atoms with Crippen molar-refractivity contribution in [3.63, 3.8) is 0 Å². The van der Waals surface area contributed by atoms with Gasteiger partial charge in [-0.05, 0) is 54.1 Å². The number of alkyl halides is 3. The second-order valence-electron chi connectivity index (χ2n) is 7.66. The summed E-state index contributed by atoms with van der Waals surface area (Å²) in [6.07, 6.45) is -3.03. The molecular formula is C27H17F3N2O4. The van der Waals surface area contributed by atoms with Gasteiger partial charge in [0.25, 0.3) is 11.8 Å². The molecule has 0 aliphatic carbocycles. The van der Waals surface area contributed by atoms with Crippen LogP contribution in [0.1, 0.15) is 32.7 Å². The molecule has 0 N–H and O–H groups in total. The molecule has 0 spiro atoms. The number of carbonyl (C=O) groups is 3. The van der Waals surface area contributed by atoms with Crippen molar-refractivity contribution >= 4 is 23.4 Å². The van der Waals surface area contributed by atoms with Gasteiger partial charge in [0.05, 0.1) is 36.0 Å². The molecule has 1 aliphatic heterocycles. The van der Waals surface area contributed by atoms with Gasteiger partial charge >= 0.3 is 12.1 Å². The lowest BCUT2D eigenvalue weighted by atomic mass is 10.00. The monoisotopic (exact) mass is 490 g/mol. The van der Waals surface area contributed by atoms with Crippen LogP contribution >= 0.6 is 0 Å². The number of ether oxygens (including phenoxy) is 1. The smallest absolute Gasteiger partial charge is 0.416 e. The van der Waals surface area contributed by atoms with Crippen LogP contribution in [0.5, 0.6) is 0 Å². The minimum atomic E-state index is -4.55. The molecule has 0 atom stereocenters. The van der Waals surface area contributed by atoms with Gasteiger partial charge in [-0.1, -0.05) is 30.0 Å². The first-order valence-electron chi connectivity index (χ1n) is 10.6. The van der Waals surface area contributed by atoms with Crippen LogP contribution in [-0.4, -0.2) is 34.8 Å². The molecular weight excluding hydrogens is 473 g/mol. The number of imide groups is 1. The first-order chi connectivity index (χ1) is 17.2. The highest BCUT2D eigenvalue weighted by molar-refractivity contribution is 6.37. The Kier molecular flexibility index (Phi) is 6.70. The fourth-order valence-electron chi connectivity index (χ4n) is 3.53. The Hall–Kier alpha value is -4.71. The van der Waals surface area contributed by atoms with E-state index in [9.17, 15) is 27.6 Å². The number of nitrogens with zero attached hydrogens (tertiary/aromatic N) is 2. The van der Waals surface area contributed by atoms with Crippen molar-refractivity contribution in [1.82, 2.24) is 9.88 Å². The van der Waals surface area contributed by atoms with Crippen molar-refractivity contribution in [3.05, 3.63) is 106 Å². The molecule has 0 saturated carbocycles. The number of amides is 2. The molecule has 9 heteroatoms. The molecule has 0 bridgehead atoms. The Balaban J connectivity index is 1.74. The number of rotatable bonds is 4. The van der Waals surface area contributed by atoms with Crippen LogP contribution in [0.25, 0.3) is 5.57 Å². The Morgan fingerprint density at radius 3 is 2.22 bits per heavy atom. The third-order valence-corrected chi connectivity index (χ3v) is 5.35. The predicted molar refractivity (Wildman–Crippen MR) is 123 cm³/mol. The number of carbonyl (C=O) groups excluding carboxylic acids is 3. The summed E-state index contributed by atoms with van der Waals surface area (Å²) in [7, 11) is 1.25. The number of hydrogen-bond acceptors (Lipinski definition) is 5. The first kappa shape index (κ1) is 24.4. The van der Waals surface area contributed by atoms with Gasteiger partial charge in [0.2, 0.25) is 0 Å². The minimum absolute atomic E-state index is 0.0941. The Labute approximate surface area is 204 Å². The Bertz CT molecular complexity index is 1420. The third kappa shape index (κ3) is 5.03.